The van der Waals surface area contributed by atoms with Crippen molar-refractivity contribution in [3.05, 3.63) is 29.3 Å². The van der Waals surface area contributed by atoms with E-state index < -0.39 is 5.97 Å². The van der Waals surface area contributed by atoms with E-state index in [0.29, 0.717) is 5.75 Å². The highest BCUT2D eigenvalue weighted by Crippen LogP contribution is 2.28. The lowest BCUT2D eigenvalue weighted by molar-refractivity contribution is 0.0670. The molecule has 0 spiro atoms. The van der Waals surface area contributed by atoms with Crippen molar-refractivity contribution in [1.29, 1.82) is 0 Å². The highest BCUT2D eigenvalue weighted by atomic mass is 16.5. The van der Waals surface area contributed by atoms with Crippen molar-refractivity contribution in [1.82, 2.24) is 0 Å². The summed E-state index contributed by atoms with van der Waals surface area (Å²) in [6.45, 7) is 7.77. The number of ether oxygens (including phenoxy) is 1. The lowest BCUT2D eigenvalue weighted by atomic mass is 10.0. The summed E-state index contributed by atoms with van der Waals surface area (Å²) in [5.41, 5.74) is 0.721. The van der Waals surface area contributed by atoms with Crippen LogP contribution in [0, 0.1) is 6.92 Å². The summed E-state index contributed by atoms with van der Waals surface area (Å²) in [4.78, 5) is 11.1. The molecule has 0 saturated carbocycles. The standard InChI is InChI=1S/C13H18O3/c1-5-13(3,4)16-11-9(2)7-6-8-10(11)12(14)15/h6-8H,5H2,1-4H3,(H,14,15). The largest absolute Gasteiger partial charge is 0.487 e. The number of carbonyl (C=O) groups is 1. The van der Waals surface area contributed by atoms with Crippen molar-refractivity contribution in [2.24, 2.45) is 0 Å². The molecule has 3 nitrogen and oxygen atoms in total. The van der Waals surface area contributed by atoms with Gasteiger partial charge in [-0.15, -0.1) is 0 Å². The normalized spacial score (nSPS) is 11.2. The van der Waals surface area contributed by atoms with Gasteiger partial charge in [-0.2, -0.15) is 0 Å². The van der Waals surface area contributed by atoms with Gasteiger partial charge in [0.15, 0.2) is 0 Å². The van der Waals surface area contributed by atoms with Crippen LogP contribution >= 0.6 is 0 Å². The molecule has 0 aliphatic rings. The highest BCUT2D eigenvalue weighted by molar-refractivity contribution is 5.91. The molecule has 0 aliphatic carbocycles. The maximum Gasteiger partial charge on any atom is 0.339 e. The van der Waals surface area contributed by atoms with E-state index in [1.54, 1.807) is 12.1 Å². The second-order valence-electron chi connectivity index (χ2n) is 4.47. The molecule has 1 aromatic rings. The van der Waals surface area contributed by atoms with Crippen molar-refractivity contribution in [2.75, 3.05) is 0 Å². The van der Waals surface area contributed by atoms with E-state index in [4.69, 9.17) is 9.84 Å². The SMILES string of the molecule is CCC(C)(C)Oc1c(C)cccc1C(=O)O. The molecule has 1 aromatic carbocycles. The van der Waals surface area contributed by atoms with Gasteiger partial charge in [0.2, 0.25) is 0 Å². The molecular weight excluding hydrogens is 204 g/mol. The zero-order chi connectivity index (χ0) is 12.3. The van der Waals surface area contributed by atoms with Crippen LogP contribution in [0.2, 0.25) is 0 Å². The fourth-order valence-corrected chi connectivity index (χ4v) is 1.30. The first-order chi connectivity index (χ1) is 7.37. The predicted molar refractivity (Wildman–Crippen MR) is 63.1 cm³/mol. The molecule has 0 fully saturated rings. The molecule has 0 radical (unpaired) electrons. The fraction of sp³-hybridized carbons (Fsp3) is 0.462. The van der Waals surface area contributed by atoms with Crippen molar-refractivity contribution in [3.8, 4) is 5.75 Å². The zero-order valence-electron chi connectivity index (χ0n) is 10.2. The molecule has 3 heteroatoms. The maximum atomic E-state index is 11.1. The number of benzene rings is 1. The van der Waals surface area contributed by atoms with Gasteiger partial charge < -0.3 is 9.84 Å². The minimum atomic E-state index is -0.953. The van der Waals surface area contributed by atoms with E-state index >= 15 is 0 Å². The van der Waals surface area contributed by atoms with Gasteiger partial charge >= 0.3 is 5.97 Å². The summed E-state index contributed by atoms with van der Waals surface area (Å²) in [5.74, 6) is -0.479. The topological polar surface area (TPSA) is 46.5 Å². The van der Waals surface area contributed by atoms with E-state index in [0.717, 1.165) is 12.0 Å². The van der Waals surface area contributed by atoms with Crippen molar-refractivity contribution in [2.45, 2.75) is 39.7 Å². The molecule has 88 valence electrons. The first-order valence-electron chi connectivity index (χ1n) is 5.39. The molecule has 0 aliphatic heterocycles. The monoisotopic (exact) mass is 222 g/mol. The van der Waals surface area contributed by atoms with Gasteiger partial charge in [-0.1, -0.05) is 19.1 Å². The van der Waals surface area contributed by atoms with E-state index in [1.807, 2.05) is 33.8 Å². The maximum absolute atomic E-state index is 11.1. The Morgan fingerprint density at radius 2 is 2.06 bits per heavy atom. The smallest absolute Gasteiger partial charge is 0.339 e. The Kier molecular flexibility index (Phi) is 3.58. The van der Waals surface area contributed by atoms with E-state index in [1.165, 1.54) is 0 Å². The van der Waals surface area contributed by atoms with Gasteiger partial charge in [0.05, 0.1) is 0 Å². The number of hydrogen-bond acceptors (Lipinski definition) is 2. The van der Waals surface area contributed by atoms with Crippen LogP contribution in [0.15, 0.2) is 18.2 Å². The summed E-state index contributed by atoms with van der Waals surface area (Å²) in [6.07, 6.45) is 0.820. The zero-order valence-corrected chi connectivity index (χ0v) is 10.2. The molecule has 0 unspecified atom stereocenters. The summed E-state index contributed by atoms with van der Waals surface area (Å²) < 4.78 is 5.79. The molecule has 16 heavy (non-hydrogen) atoms. The average molecular weight is 222 g/mol. The Labute approximate surface area is 96.1 Å². The Balaban J connectivity index is 3.16. The third-order valence-corrected chi connectivity index (χ3v) is 2.67. The number of carboxylic acids is 1. The Morgan fingerprint density at radius 3 is 2.56 bits per heavy atom. The second kappa shape index (κ2) is 4.56. The van der Waals surface area contributed by atoms with Crippen molar-refractivity contribution < 1.29 is 14.6 Å². The summed E-state index contributed by atoms with van der Waals surface area (Å²) in [5, 5.41) is 9.08. The van der Waals surface area contributed by atoms with Gasteiger partial charge in [0, 0.05) is 0 Å². The van der Waals surface area contributed by atoms with Crippen LogP contribution in [0.5, 0.6) is 5.75 Å². The Morgan fingerprint density at radius 1 is 1.44 bits per heavy atom. The molecule has 0 atom stereocenters. The van der Waals surface area contributed by atoms with Crippen LogP contribution in [0.1, 0.15) is 43.1 Å². The second-order valence-corrected chi connectivity index (χ2v) is 4.47. The lowest BCUT2D eigenvalue weighted by Gasteiger charge is -2.26. The number of para-hydroxylation sites is 1. The Hall–Kier alpha value is -1.51. The number of carboxylic acid groups (broad SMARTS) is 1. The minimum absolute atomic E-state index is 0.224. The van der Waals surface area contributed by atoms with E-state index in [2.05, 4.69) is 0 Å². The summed E-state index contributed by atoms with van der Waals surface area (Å²) in [7, 11) is 0. The number of aromatic carboxylic acids is 1. The molecule has 0 amide bonds. The van der Waals surface area contributed by atoms with Crippen LogP contribution in [0.3, 0.4) is 0 Å². The lowest BCUT2D eigenvalue weighted by Crippen LogP contribution is -2.28. The van der Waals surface area contributed by atoms with Gasteiger partial charge in [-0.3, -0.25) is 0 Å². The van der Waals surface area contributed by atoms with E-state index in [-0.39, 0.29) is 11.2 Å². The first-order valence-corrected chi connectivity index (χ1v) is 5.39. The molecule has 1 rings (SSSR count). The van der Waals surface area contributed by atoms with E-state index in [9.17, 15) is 4.79 Å². The predicted octanol–water partition coefficient (Wildman–Crippen LogP) is 3.26. The first kappa shape index (κ1) is 12.6. The summed E-state index contributed by atoms with van der Waals surface area (Å²) >= 11 is 0. The van der Waals surface area contributed by atoms with Gasteiger partial charge in [-0.25, -0.2) is 4.79 Å². The van der Waals surface area contributed by atoms with Crippen LogP contribution in [0.25, 0.3) is 0 Å². The Bertz CT molecular complexity index is 394. The van der Waals surface area contributed by atoms with Crippen LogP contribution < -0.4 is 4.74 Å². The van der Waals surface area contributed by atoms with Gasteiger partial charge in [0.1, 0.15) is 16.9 Å². The average Bonchev–Trinajstić information content (AvgIpc) is 2.20. The summed E-state index contributed by atoms with van der Waals surface area (Å²) in [6, 6.07) is 5.15. The van der Waals surface area contributed by atoms with Gasteiger partial charge in [0.25, 0.3) is 0 Å². The molecule has 0 bridgehead atoms. The van der Waals surface area contributed by atoms with Gasteiger partial charge in [-0.05, 0) is 38.8 Å². The molecular formula is C13H18O3. The number of aryl methyl sites for hydroxylation is 1. The third-order valence-electron chi connectivity index (χ3n) is 2.67. The molecule has 0 saturated heterocycles. The van der Waals surface area contributed by atoms with Crippen LogP contribution in [-0.2, 0) is 0 Å². The van der Waals surface area contributed by atoms with Crippen LogP contribution in [0.4, 0.5) is 0 Å². The van der Waals surface area contributed by atoms with Crippen molar-refractivity contribution in [3.63, 3.8) is 0 Å². The number of rotatable bonds is 4. The minimum Gasteiger partial charge on any atom is -0.487 e. The third kappa shape index (κ3) is 2.75. The quantitative estimate of drug-likeness (QED) is 0.850. The fourth-order valence-electron chi connectivity index (χ4n) is 1.30. The highest BCUT2D eigenvalue weighted by Gasteiger charge is 2.22. The molecule has 1 N–H and O–H groups in total. The van der Waals surface area contributed by atoms with Crippen LogP contribution in [-0.4, -0.2) is 16.7 Å². The number of hydrogen-bond donors (Lipinski definition) is 1. The van der Waals surface area contributed by atoms with Crippen molar-refractivity contribution >= 4 is 5.97 Å². The molecule has 0 aromatic heterocycles. The molecule has 0 heterocycles.